The Morgan fingerprint density at radius 1 is 1.38 bits per heavy atom. The van der Waals surface area contributed by atoms with Crippen LogP contribution in [0.2, 0.25) is 0 Å². The molecule has 1 saturated heterocycles. The van der Waals surface area contributed by atoms with Gasteiger partial charge in [0.25, 0.3) is 0 Å². The van der Waals surface area contributed by atoms with Crippen LogP contribution in [0.25, 0.3) is 0 Å². The van der Waals surface area contributed by atoms with Gasteiger partial charge in [0.1, 0.15) is 11.9 Å². The van der Waals surface area contributed by atoms with E-state index in [-0.39, 0.29) is 23.9 Å². The van der Waals surface area contributed by atoms with E-state index in [1.807, 2.05) is 6.92 Å². The van der Waals surface area contributed by atoms with Crippen molar-refractivity contribution in [2.24, 2.45) is 10.6 Å². The van der Waals surface area contributed by atoms with E-state index < -0.39 is 5.41 Å². The van der Waals surface area contributed by atoms with E-state index in [1.54, 1.807) is 12.1 Å². The second-order valence-electron chi connectivity index (χ2n) is 7.49. The van der Waals surface area contributed by atoms with Crippen LogP contribution < -0.4 is 10.6 Å². The van der Waals surface area contributed by atoms with Crippen LogP contribution in [0, 0.1) is 11.2 Å². The zero-order valence-electron chi connectivity index (χ0n) is 15.6. The molecule has 3 rings (SSSR count). The molecule has 0 aromatic heterocycles. The van der Waals surface area contributed by atoms with Gasteiger partial charge in [-0.15, -0.1) is 0 Å². The Kier molecular flexibility index (Phi) is 5.91. The minimum Gasteiger partial charge on any atom is -0.392 e. The lowest BCUT2D eigenvalue weighted by atomic mass is 9.73. The number of oxime groups is 1. The van der Waals surface area contributed by atoms with Gasteiger partial charge in [0.2, 0.25) is 5.91 Å². The summed E-state index contributed by atoms with van der Waals surface area (Å²) in [5.74, 6) is -0.132. The fourth-order valence-electron chi connectivity index (χ4n) is 3.69. The molecule has 0 bridgehead atoms. The van der Waals surface area contributed by atoms with Gasteiger partial charge in [-0.25, -0.2) is 4.39 Å². The van der Waals surface area contributed by atoms with Crippen LogP contribution in [0.15, 0.2) is 29.4 Å². The first kappa shape index (κ1) is 18.8. The summed E-state index contributed by atoms with van der Waals surface area (Å²) in [4.78, 5) is 18.6. The van der Waals surface area contributed by atoms with Crippen LogP contribution in [-0.2, 0) is 9.63 Å². The first-order valence-corrected chi connectivity index (χ1v) is 9.53. The average Bonchev–Trinajstić information content (AvgIpc) is 3.11. The number of hydrogen-bond acceptors (Lipinski definition) is 4. The van der Waals surface area contributed by atoms with E-state index in [4.69, 9.17) is 4.84 Å². The van der Waals surface area contributed by atoms with Crippen LogP contribution in [0.3, 0.4) is 0 Å². The van der Waals surface area contributed by atoms with Crippen LogP contribution in [-0.4, -0.2) is 36.9 Å². The topological polar surface area (TPSA) is 62.7 Å². The molecule has 0 unspecified atom stereocenters. The van der Waals surface area contributed by atoms with Crippen molar-refractivity contribution in [2.45, 2.75) is 58.1 Å². The van der Waals surface area contributed by atoms with E-state index in [2.05, 4.69) is 22.7 Å². The third-order valence-electron chi connectivity index (χ3n) is 5.56. The number of nitrogens with zero attached hydrogens (tertiary/aromatic N) is 1. The predicted molar refractivity (Wildman–Crippen MR) is 99.5 cm³/mol. The zero-order chi connectivity index (χ0) is 18.6. The highest BCUT2D eigenvalue weighted by Gasteiger charge is 2.43. The minimum atomic E-state index is -0.410. The number of carbonyl (C=O) groups is 1. The molecule has 5 nitrogen and oxygen atoms in total. The number of rotatable bonds is 6. The van der Waals surface area contributed by atoms with Crippen molar-refractivity contribution in [3.63, 3.8) is 0 Å². The molecule has 2 N–H and O–H groups in total. The molecular weight excluding hydrogens is 333 g/mol. The van der Waals surface area contributed by atoms with Crippen molar-refractivity contribution in [2.75, 3.05) is 13.1 Å². The molecule has 2 aliphatic heterocycles. The Morgan fingerprint density at radius 2 is 2.08 bits per heavy atom. The molecule has 1 amide bonds. The molecule has 0 spiro atoms. The number of piperidine rings is 1. The van der Waals surface area contributed by atoms with Gasteiger partial charge < -0.3 is 15.5 Å². The molecule has 2 atom stereocenters. The van der Waals surface area contributed by atoms with E-state index in [9.17, 15) is 9.18 Å². The Hall–Kier alpha value is -1.95. The van der Waals surface area contributed by atoms with Crippen LogP contribution in [0.1, 0.15) is 51.5 Å². The van der Waals surface area contributed by atoms with E-state index in [0.717, 1.165) is 43.6 Å². The van der Waals surface area contributed by atoms with Gasteiger partial charge in [-0.1, -0.05) is 24.2 Å². The molecule has 0 radical (unpaired) electrons. The van der Waals surface area contributed by atoms with E-state index in [1.165, 1.54) is 12.1 Å². The number of amides is 1. The molecule has 1 fully saturated rings. The second kappa shape index (κ2) is 8.16. The Morgan fingerprint density at radius 3 is 2.73 bits per heavy atom. The first-order chi connectivity index (χ1) is 12.5. The highest BCUT2D eigenvalue weighted by Crippen LogP contribution is 2.37. The second-order valence-corrected chi connectivity index (χ2v) is 7.49. The zero-order valence-corrected chi connectivity index (χ0v) is 15.6. The Balaban J connectivity index is 1.66. The summed E-state index contributed by atoms with van der Waals surface area (Å²) in [6.45, 7) is 5.79. The third-order valence-corrected chi connectivity index (χ3v) is 5.56. The lowest BCUT2D eigenvalue weighted by Gasteiger charge is -2.38. The maximum atomic E-state index is 13.1. The number of halogens is 1. The van der Waals surface area contributed by atoms with Gasteiger partial charge in [0.05, 0.1) is 11.1 Å². The van der Waals surface area contributed by atoms with Gasteiger partial charge in [-0.2, -0.15) is 0 Å². The van der Waals surface area contributed by atoms with Gasteiger partial charge in [0, 0.05) is 18.9 Å². The summed E-state index contributed by atoms with van der Waals surface area (Å²) in [6, 6.07) is 6.47. The van der Waals surface area contributed by atoms with Crippen molar-refractivity contribution in [3.8, 4) is 0 Å². The predicted octanol–water partition coefficient (Wildman–Crippen LogP) is 2.99. The normalized spacial score (nSPS) is 23.0. The number of nitrogens with one attached hydrogen (secondary N) is 2. The van der Waals surface area contributed by atoms with Crippen molar-refractivity contribution in [1.82, 2.24) is 10.6 Å². The molecule has 2 heterocycles. The molecule has 0 aliphatic carbocycles. The van der Waals surface area contributed by atoms with E-state index >= 15 is 0 Å². The lowest BCUT2D eigenvalue weighted by Crippen LogP contribution is -2.51. The summed E-state index contributed by atoms with van der Waals surface area (Å²) in [7, 11) is 0. The SMILES string of the molecule is CC[C@H](C)NC(=O)C1(C[C@H]2CC(c3ccc(F)cc3)=NO2)CCNCC1. The average molecular weight is 361 g/mol. The van der Waals surface area contributed by atoms with Crippen molar-refractivity contribution >= 4 is 11.6 Å². The summed E-state index contributed by atoms with van der Waals surface area (Å²) >= 11 is 0. The highest BCUT2D eigenvalue weighted by atomic mass is 19.1. The lowest BCUT2D eigenvalue weighted by molar-refractivity contribution is -0.136. The number of carbonyl (C=O) groups excluding carboxylic acids is 1. The van der Waals surface area contributed by atoms with Crippen LogP contribution in [0.5, 0.6) is 0 Å². The fourth-order valence-corrected chi connectivity index (χ4v) is 3.69. The Bertz CT molecular complexity index is 654. The minimum absolute atomic E-state index is 0.115. The monoisotopic (exact) mass is 361 g/mol. The largest absolute Gasteiger partial charge is 0.392 e. The van der Waals surface area contributed by atoms with E-state index in [0.29, 0.717) is 12.8 Å². The summed E-state index contributed by atoms with van der Waals surface area (Å²) in [5.41, 5.74) is 1.28. The summed E-state index contributed by atoms with van der Waals surface area (Å²) in [5, 5.41) is 10.7. The molecule has 0 saturated carbocycles. The van der Waals surface area contributed by atoms with Gasteiger partial charge in [0.15, 0.2) is 0 Å². The number of benzene rings is 1. The van der Waals surface area contributed by atoms with Gasteiger partial charge >= 0.3 is 0 Å². The maximum absolute atomic E-state index is 13.1. The molecule has 142 valence electrons. The van der Waals surface area contributed by atoms with Crippen LogP contribution in [0.4, 0.5) is 4.39 Å². The third kappa shape index (κ3) is 4.23. The highest BCUT2D eigenvalue weighted by molar-refractivity contribution is 6.01. The maximum Gasteiger partial charge on any atom is 0.226 e. The molecule has 1 aromatic rings. The van der Waals surface area contributed by atoms with Crippen molar-refractivity contribution in [3.05, 3.63) is 35.6 Å². The molecule has 26 heavy (non-hydrogen) atoms. The van der Waals surface area contributed by atoms with Crippen molar-refractivity contribution < 1.29 is 14.0 Å². The smallest absolute Gasteiger partial charge is 0.226 e. The molecule has 6 heteroatoms. The standard InChI is InChI=1S/C20H28FN3O2/c1-3-14(2)23-19(25)20(8-10-22-11-9-20)13-17-12-18(24-26-17)15-4-6-16(21)7-5-15/h4-7,14,17,22H,3,8-13H2,1-2H3,(H,23,25)/t14-,17+/m0/s1. The first-order valence-electron chi connectivity index (χ1n) is 9.53. The molecule has 2 aliphatic rings. The number of hydrogen-bond donors (Lipinski definition) is 2. The van der Waals surface area contributed by atoms with Gasteiger partial charge in [-0.05, 0) is 57.0 Å². The van der Waals surface area contributed by atoms with Gasteiger partial charge in [-0.3, -0.25) is 4.79 Å². The Labute approximate surface area is 154 Å². The summed E-state index contributed by atoms with van der Waals surface area (Å²) < 4.78 is 13.1. The quantitative estimate of drug-likeness (QED) is 0.819. The van der Waals surface area contributed by atoms with Crippen LogP contribution >= 0.6 is 0 Å². The van der Waals surface area contributed by atoms with Crippen molar-refractivity contribution in [1.29, 1.82) is 0 Å². The molecule has 1 aromatic carbocycles. The fraction of sp³-hybridized carbons (Fsp3) is 0.600. The summed E-state index contributed by atoms with van der Waals surface area (Å²) in [6.07, 6.45) is 3.72. The molecular formula is C20H28FN3O2.